The minimum absolute atomic E-state index is 0.0389. The molecule has 1 aliphatic heterocycles. The zero-order valence-electron chi connectivity index (χ0n) is 22.9. The fourth-order valence-corrected chi connectivity index (χ4v) is 6.12. The predicted molar refractivity (Wildman–Crippen MR) is 152 cm³/mol. The first-order chi connectivity index (χ1) is 20.6. The van der Waals surface area contributed by atoms with E-state index in [1.807, 2.05) is 11.5 Å². The summed E-state index contributed by atoms with van der Waals surface area (Å²) in [6.07, 6.45) is -4.44. The lowest BCUT2D eigenvalue weighted by atomic mass is 10.2. The van der Waals surface area contributed by atoms with Crippen LogP contribution in [0, 0.1) is 12.7 Å². The third kappa shape index (κ3) is 5.90. The van der Waals surface area contributed by atoms with Crippen LogP contribution in [0.3, 0.4) is 0 Å². The Bertz CT molecular complexity index is 1870. The number of hydrogen-bond acceptors (Lipinski definition) is 8. The number of nitrogens with zero attached hydrogens (tertiary/aromatic N) is 5. The van der Waals surface area contributed by atoms with Crippen molar-refractivity contribution in [2.24, 2.45) is 0 Å². The lowest BCUT2D eigenvalue weighted by molar-refractivity contribution is -0.190. The normalized spacial score (nSPS) is 14.5. The molecule has 0 atom stereocenters. The number of fused-ring (bicyclic) bond motifs is 2. The van der Waals surface area contributed by atoms with E-state index in [2.05, 4.69) is 19.6 Å². The lowest BCUT2D eigenvalue weighted by Gasteiger charge is -2.26. The second kappa shape index (κ2) is 11.5. The maximum absolute atomic E-state index is 13.7. The van der Waals surface area contributed by atoms with Gasteiger partial charge in [-0.3, -0.25) is 9.69 Å². The van der Waals surface area contributed by atoms with Crippen molar-refractivity contribution in [3.63, 3.8) is 0 Å². The Labute approximate surface area is 245 Å². The first-order valence-corrected chi connectivity index (χ1v) is 14.3. The molecule has 0 radical (unpaired) electrons. The van der Waals surface area contributed by atoms with E-state index in [1.54, 1.807) is 18.2 Å². The van der Waals surface area contributed by atoms with Crippen LogP contribution in [0.15, 0.2) is 53.3 Å². The van der Waals surface area contributed by atoms with Gasteiger partial charge < -0.3 is 14.0 Å². The van der Waals surface area contributed by atoms with Crippen molar-refractivity contribution in [3.8, 4) is 22.1 Å². The van der Waals surface area contributed by atoms with Crippen LogP contribution in [0.5, 0.6) is 6.01 Å². The summed E-state index contributed by atoms with van der Waals surface area (Å²) in [6.45, 7) is 6.66. The lowest BCUT2D eigenvalue weighted by Crippen LogP contribution is -2.37. The number of esters is 1. The minimum Gasteiger partial charge on any atom is -0.385 e. The van der Waals surface area contributed by atoms with Crippen molar-refractivity contribution >= 4 is 38.6 Å². The topological polar surface area (TPSA) is 91.5 Å². The van der Waals surface area contributed by atoms with Crippen molar-refractivity contribution in [2.45, 2.75) is 26.1 Å². The van der Waals surface area contributed by atoms with Crippen molar-refractivity contribution in [3.05, 3.63) is 70.5 Å². The number of benzene rings is 2. The fraction of sp³-hybridized carbons (Fsp3) is 0.310. The maximum Gasteiger partial charge on any atom is 0.491 e. The number of imidazole rings is 1. The molecule has 0 N–H and O–H groups in total. The van der Waals surface area contributed by atoms with Crippen LogP contribution >= 0.6 is 11.3 Å². The number of thiophene rings is 1. The van der Waals surface area contributed by atoms with E-state index in [0.717, 1.165) is 66.5 Å². The van der Waals surface area contributed by atoms with Crippen LogP contribution in [0.4, 0.5) is 17.6 Å². The molecule has 3 aromatic heterocycles. The number of aryl methyl sites for hydroxylation is 2. The van der Waals surface area contributed by atoms with Crippen LogP contribution in [-0.2, 0) is 16.1 Å². The molecular formula is C29H25F4N5O4S. The third-order valence-electron chi connectivity index (χ3n) is 7.20. The number of halogens is 4. The quantitative estimate of drug-likeness (QED) is 0.186. The molecule has 0 amide bonds. The van der Waals surface area contributed by atoms with Crippen molar-refractivity contribution in [1.29, 1.82) is 0 Å². The van der Waals surface area contributed by atoms with Gasteiger partial charge in [-0.1, -0.05) is 12.1 Å². The van der Waals surface area contributed by atoms with Crippen LogP contribution in [0.1, 0.15) is 12.2 Å². The molecule has 0 aliphatic carbocycles. The predicted octanol–water partition coefficient (Wildman–Crippen LogP) is 5.10. The molecule has 0 spiro atoms. The molecule has 43 heavy (non-hydrogen) atoms. The number of rotatable bonds is 7. The number of morpholine rings is 1. The van der Waals surface area contributed by atoms with E-state index in [0.29, 0.717) is 22.5 Å². The summed E-state index contributed by atoms with van der Waals surface area (Å²) in [5.74, 6) is -2.22. The van der Waals surface area contributed by atoms with E-state index in [-0.39, 0.29) is 15.9 Å². The number of hydrogen-bond donors (Lipinski definition) is 0. The summed E-state index contributed by atoms with van der Waals surface area (Å²) in [6, 6.07) is 11.0. The number of alkyl halides is 3. The molecule has 0 saturated carbocycles. The summed E-state index contributed by atoms with van der Waals surface area (Å²) in [4.78, 5) is 37.2. The molecule has 14 heteroatoms. The highest BCUT2D eigenvalue weighted by Gasteiger charge is 2.42. The molecular weight excluding hydrogens is 590 g/mol. The average Bonchev–Trinajstić information content (AvgIpc) is 3.54. The second-order valence-corrected chi connectivity index (χ2v) is 11.1. The molecule has 1 saturated heterocycles. The van der Waals surface area contributed by atoms with Gasteiger partial charge in [-0.2, -0.15) is 18.2 Å². The highest BCUT2D eigenvalue weighted by molar-refractivity contribution is 7.22. The number of carbonyl (C=O) groups is 1. The second-order valence-electron chi connectivity index (χ2n) is 10.0. The van der Waals surface area contributed by atoms with Gasteiger partial charge in [-0.05, 0) is 55.3 Å². The first kappa shape index (κ1) is 29.0. The van der Waals surface area contributed by atoms with Crippen molar-refractivity contribution in [1.82, 2.24) is 24.0 Å². The Hall–Kier alpha value is -4.14. The van der Waals surface area contributed by atoms with E-state index in [9.17, 15) is 27.2 Å². The van der Waals surface area contributed by atoms with Gasteiger partial charge in [0.1, 0.15) is 16.3 Å². The summed E-state index contributed by atoms with van der Waals surface area (Å²) in [5, 5.41) is 0. The standard InChI is InChI=1S/C29H25F4N5O4S/c1-17-34-21-15-20(7-8-23(21)37(17)10-2-9-36-11-13-41-14-12-36)38-26(39)25-22(35-28(38)42-27(40)29(31,32)33)16-24(43-25)18-3-5-19(30)6-4-18/h3-8,15-16H,2,9-14H2,1H3. The van der Waals surface area contributed by atoms with E-state index in [1.165, 1.54) is 30.3 Å². The summed E-state index contributed by atoms with van der Waals surface area (Å²) in [5.41, 5.74) is 1.33. The van der Waals surface area contributed by atoms with Gasteiger partial charge in [0.2, 0.25) is 0 Å². The van der Waals surface area contributed by atoms with Gasteiger partial charge in [0.15, 0.2) is 0 Å². The molecule has 5 aromatic rings. The van der Waals surface area contributed by atoms with Crippen LogP contribution < -0.4 is 10.3 Å². The summed E-state index contributed by atoms with van der Waals surface area (Å²) >= 11 is 1.04. The van der Waals surface area contributed by atoms with Gasteiger partial charge in [-0.15, -0.1) is 11.3 Å². The Morgan fingerprint density at radius 1 is 1.02 bits per heavy atom. The number of aromatic nitrogens is 4. The maximum atomic E-state index is 13.7. The van der Waals surface area contributed by atoms with Gasteiger partial charge in [0.25, 0.3) is 5.56 Å². The van der Waals surface area contributed by atoms with Gasteiger partial charge in [0.05, 0.1) is 35.5 Å². The zero-order valence-corrected chi connectivity index (χ0v) is 23.7. The van der Waals surface area contributed by atoms with Crippen LogP contribution in [0.2, 0.25) is 0 Å². The SMILES string of the molecule is Cc1nc2cc(-n3c(OC(=O)C(F)(F)F)nc4cc(-c5ccc(F)cc5)sc4c3=O)ccc2n1CCCN1CCOCC1. The Morgan fingerprint density at radius 3 is 2.49 bits per heavy atom. The molecule has 0 bridgehead atoms. The minimum atomic E-state index is -5.31. The first-order valence-electron chi connectivity index (χ1n) is 13.5. The molecule has 6 rings (SSSR count). The van der Waals surface area contributed by atoms with Gasteiger partial charge in [0, 0.05) is 31.1 Å². The largest absolute Gasteiger partial charge is 0.491 e. The molecule has 4 heterocycles. The highest BCUT2D eigenvalue weighted by Crippen LogP contribution is 2.33. The Balaban J connectivity index is 1.39. The Morgan fingerprint density at radius 2 is 1.77 bits per heavy atom. The molecule has 224 valence electrons. The van der Waals surface area contributed by atoms with Crippen molar-refractivity contribution in [2.75, 3.05) is 32.8 Å². The van der Waals surface area contributed by atoms with Crippen molar-refractivity contribution < 1.29 is 31.8 Å². The molecule has 1 aliphatic rings. The van der Waals surface area contributed by atoms with E-state index < -0.39 is 29.5 Å². The number of carbonyl (C=O) groups excluding carboxylic acids is 1. The summed E-state index contributed by atoms with van der Waals surface area (Å²) < 4.78 is 66.0. The van der Waals surface area contributed by atoms with E-state index in [4.69, 9.17) is 4.74 Å². The van der Waals surface area contributed by atoms with Crippen LogP contribution in [-0.4, -0.2) is 69.0 Å². The zero-order chi connectivity index (χ0) is 30.3. The monoisotopic (exact) mass is 615 g/mol. The van der Waals surface area contributed by atoms with Gasteiger partial charge >= 0.3 is 18.2 Å². The fourth-order valence-electron chi connectivity index (χ4n) is 5.09. The smallest absolute Gasteiger partial charge is 0.385 e. The van der Waals surface area contributed by atoms with Crippen LogP contribution in [0.25, 0.3) is 37.4 Å². The summed E-state index contributed by atoms with van der Waals surface area (Å²) in [7, 11) is 0. The average molecular weight is 616 g/mol. The number of ether oxygens (including phenoxy) is 2. The molecule has 2 aromatic carbocycles. The highest BCUT2D eigenvalue weighted by atomic mass is 32.1. The molecule has 0 unspecified atom stereocenters. The third-order valence-corrected chi connectivity index (χ3v) is 8.36. The van der Waals surface area contributed by atoms with E-state index >= 15 is 0 Å². The Kier molecular flexibility index (Phi) is 7.75. The molecule has 9 nitrogen and oxygen atoms in total. The molecule has 1 fully saturated rings. The van der Waals surface area contributed by atoms with Gasteiger partial charge in [-0.25, -0.2) is 18.7 Å².